The Hall–Kier alpha value is -1.84. The highest BCUT2D eigenvalue weighted by atomic mass is 15.2. The number of benzene rings is 1. The van der Waals surface area contributed by atoms with Crippen LogP contribution >= 0.6 is 0 Å². The molecule has 0 amide bonds. The second-order valence-corrected chi connectivity index (χ2v) is 6.62. The van der Waals surface area contributed by atoms with Crippen LogP contribution in [-0.4, -0.2) is 85.0 Å². The number of hydrogen-bond acceptors (Lipinski definition) is 2. The average Bonchev–Trinajstić information content (AvgIpc) is 2.48. The lowest BCUT2D eigenvalue weighted by atomic mass is 10.1. The van der Waals surface area contributed by atoms with Crippen LogP contribution in [0.2, 0.25) is 0 Å². The van der Waals surface area contributed by atoms with E-state index in [1.165, 1.54) is 35.6 Å². The van der Waals surface area contributed by atoms with Crippen LogP contribution in [0.25, 0.3) is 0 Å². The molecule has 0 atom stereocenters. The molecule has 0 saturated carbocycles. The van der Waals surface area contributed by atoms with Crippen molar-refractivity contribution in [2.45, 2.75) is 12.8 Å². The number of amidine groups is 2. The van der Waals surface area contributed by atoms with Crippen molar-refractivity contribution in [2.24, 2.45) is 0 Å². The molecule has 118 valence electrons. The Labute approximate surface area is 134 Å². The Kier molecular flexibility index (Phi) is 4.19. The third kappa shape index (κ3) is 2.74. The molecular weight excluding hydrogens is 272 g/mol. The maximum Gasteiger partial charge on any atom is 0.278 e. The van der Waals surface area contributed by atoms with Crippen LogP contribution < -0.4 is 0 Å². The maximum atomic E-state index is 2.37. The van der Waals surface area contributed by atoms with Crippen LogP contribution in [0, 0.1) is 0 Å². The molecule has 2 aliphatic heterocycles. The molecule has 0 fully saturated rings. The minimum Gasteiger partial charge on any atom is -0.264 e. The molecule has 0 aliphatic carbocycles. The summed E-state index contributed by atoms with van der Waals surface area (Å²) in [6.45, 7) is 4.57. The highest BCUT2D eigenvalue weighted by molar-refractivity contribution is 5.98. The van der Waals surface area contributed by atoms with Crippen LogP contribution in [0.15, 0.2) is 24.3 Å². The van der Waals surface area contributed by atoms with Crippen molar-refractivity contribution in [2.75, 3.05) is 54.4 Å². The van der Waals surface area contributed by atoms with Gasteiger partial charge in [0.25, 0.3) is 11.7 Å². The van der Waals surface area contributed by atoms with Gasteiger partial charge in [-0.3, -0.25) is 19.0 Å². The SMILES string of the molecule is CN1CCC[N+](C)=C1c1ccc(C2=[N+](C)CCCN2C)cc1. The first-order chi connectivity index (χ1) is 10.6. The number of rotatable bonds is 2. The van der Waals surface area contributed by atoms with E-state index in [-0.39, 0.29) is 0 Å². The summed E-state index contributed by atoms with van der Waals surface area (Å²) in [6.07, 6.45) is 2.48. The van der Waals surface area contributed by atoms with Gasteiger partial charge in [-0.15, -0.1) is 0 Å². The van der Waals surface area contributed by atoms with Crippen molar-refractivity contribution in [1.29, 1.82) is 0 Å². The van der Waals surface area contributed by atoms with Gasteiger partial charge in [-0.1, -0.05) is 0 Å². The number of nitrogens with zero attached hydrogens (tertiary/aromatic N) is 4. The second kappa shape index (κ2) is 6.11. The van der Waals surface area contributed by atoms with Crippen LogP contribution in [0.5, 0.6) is 0 Å². The Balaban J connectivity index is 1.93. The summed E-state index contributed by atoms with van der Waals surface area (Å²) < 4.78 is 4.73. The quantitative estimate of drug-likeness (QED) is 0.760. The molecule has 3 rings (SSSR count). The molecular formula is C18H28N4+2. The van der Waals surface area contributed by atoms with Gasteiger partial charge in [0.1, 0.15) is 0 Å². The van der Waals surface area contributed by atoms with E-state index >= 15 is 0 Å². The third-order valence-corrected chi connectivity index (χ3v) is 4.82. The lowest BCUT2D eigenvalue weighted by Gasteiger charge is -2.24. The predicted molar refractivity (Wildman–Crippen MR) is 91.3 cm³/mol. The van der Waals surface area contributed by atoms with Crippen LogP contribution in [0.1, 0.15) is 24.0 Å². The average molecular weight is 300 g/mol. The van der Waals surface area contributed by atoms with E-state index in [0.717, 1.165) is 26.2 Å². The van der Waals surface area contributed by atoms with Gasteiger partial charge < -0.3 is 0 Å². The zero-order valence-electron chi connectivity index (χ0n) is 14.3. The van der Waals surface area contributed by atoms with E-state index in [1.54, 1.807) is 0 Å². The molecule has 0 aromatic heterocycles. The van der Waals surface area contributed by atoms with Crippen molar-refractivity contribution in [3.8, 4) is 0 Å². The highest BCUT2D eigenvalue weighted by Crippen LogP contribution is 2.14. The minimum atomic E-state index is 1.14. The van der Waals surface area contributed by atoms with Crippen LogP contribution in [-0.2, 0) is 0 Å². The summed E-state index contributed by atoms with van der Waals surface area (Å²) >= 11 is 0. The van der Waals surface area contributed by atoms with E-state index in [2.05, 4.69) is 71.4 Å². The molecule has 1 aromatic rings. The van der Waals surface area contributed by atoms with Gasteiger partial charge in [0.15, 0.2) is 0 Å². The minimum absolute atomic E-state index is 1.14. The maximum absolute atomic E-state index is 2.37. The normalized spacial score (nSPS) is 20.0. The van der Waals surface area contributed by atoms with E-state index in [4.69, 9.17) is 0 Å². The molecule has 2 heterocycles. The molecule has 4 nitrogen and oxygen atoms in total. The van der Waals surface area contributed by atoms with E-state index in [0.29, 0.717) is 0 Å². The van der Waals surface area contributed by atoms with Gasteiger partial charge in [-0.25, -0.2) is 0 Å². The van der Waals surface area contributed by atoms with E-state index < -0.39 is 0 Å². The van der Waals surface area contributed by atoms with Gasteiger partial charge in [-0.05, 0) is 24.3 Å². The van der Waals surface area contributed by atoms with Crippen LogP contribution in [0.3, 0.4) is 0 Å². The fourth-order valence-corrected chi connectivity index (χ4v) is 3.75. The molecule has 0 saturated heterocycles. The monoisotopic (exact) mass is 300 g/mol. The van der Waals surface area contributed by atoms with E-state index in [1.807, 2.05) is 0 Å². The summed E-state index contributed by atoms with van der Waals surface area (Å²) in [5, 5.41) is 0. The first-order valence-electron chi connectivity index (χ1n) is 8.27. The summed E-state index contributed by atoms with van der Waals surface area (Å²) in [6, 6.07) is 9.08. The van der Waals surface area contributed by atoms with Crippen molar-refractivity contribution in [3.63, 3.8) is 0 Å². The third-order valence-electron chi connectivity index (χ3n) is 4.82. The van der Waals surface area contributed by atoms with Gasteiger partial charge >= 0.3 is 0 Å². The molecule has 2 aliphatic rings. The lowest BCUT2D eigenvalue weighted by Crippen LogP contribution is -2.42. The standard InChI is InChI=1S/C18H28N4/c1-19-11-5-12-20(2)17(19)15-7-9-16(10-8-15)18-21(3)13-6-14-22(18)4/h7-10H,5-6,11-14H2,1-4H3/q+2. The molecule has 4 heteroatoms. The molecule has 0 unspecified atom stereocenters. The molecule has 0 N–H and O–H groups in total. The Bertz CT molecular complexity index is 557. The lowest BCUT2D eigenvalue weighted by molar-refractivity contribution is -0.507. The predicted octanol–water partition coefficient (Wildman–Crippen LogP) is 1.14. The molecule has 22 heavy (non-hydrogen) atoms. The first kappa shape index (κ1) is 15.1. The Morgan fingerprint density at radius 2 is 1.09 bits per heavy atom. The fraction of sp³-hybridized carbons (Fsp3) is 0.556. The topological polar surface area (TPSA) is 12.5 Å². The van der Waals surface area contributed by atoms with Gasteiger partial charge in [0.2, 0.25) is 0 Å². The number of hydrogen-bond donors (Lipinski definition) is 0. The fourth-order valence-electron chi connectivity index (χ4n) is 3.75. The van der Waals surface area contributed by atoms with Crippen LogP contribution in [0.4, 0.5) is 0 Å². The van der Waals surface area contributed by atoms with Crippen molar-refractivity contribution >= 4 is 11.7 Å². The Morgan fingerprint density at radius 1 is 0.727 bits per heavy atom. The molecule has 0 radical (unpaired) electrons. The largest absolute Gasteiger partial charge is 0.278 e. The van der Waals surface area contributed by atoms with Crippen molar-refractivity contribution < 1.29 is 9.15 Å². The molecule has 1 aromatic carbocycles. The van der Waals surface area contributed by atoms with E-state index in [9.17, 15) is 0 Å². The summed E-state index contributed by atoms with van der Waals surface area (Å²) in [4.78, 5) is 4.73. The van der Waals surface area contributed by atoms with Crippen molar-refractivity contribution in [1.82, 2.24) is 9.80 Å². The Morgan fingerprint density at radius 3 is 1.41 bits per heavy atom. The highest BCUT2D eigenvalue weighted by Gasteiger charge is 2.26. The molecule has 0 bridgehead atoms. The van der Waals surface area contributed by atoms with Gasteiger partial charge in [0, 0.05) is 12.8 Å². The van der Waals surface area contributed by atoms with Gasteiger partial charge in [0.05, 0.1) is 65.5 Å². The zero-order valence-corrected chi connectivity index (χ0v) is 14.3. The van der Waals surface area contributed by atoms with Crippen molar-refractivity contribution in [3.05, 3.63) is 35.4 Å². The first-order valence-corrected chi connectivity index (χ1v) is 8.27. The smallest absolute Gasteiger partial charge is 0.264 e. The van der Waals surface area contributed by atoms with Gasteiger partial charge in [-0.2, -0.15) is 0 Å². The summed E-state index contributed by atoms with van der Waals surface area (Å²) in [5.74, 6) is 2.68. The summed E-state index contributed by atoms with van der Waals surface area (Å²) in [5.41, 5.74) is 2.63. The second-order valence-electron chi connectivity index (χ2n) is 6.62. The zero-order chi connectivity index (χ0) is 15.7. The summed E-state index contributed by atoms with van der Waals surface area (Å²) in [7, 11) is 8.76. The molecule has 0 spiro atoms.